The molecule has 0 unspecified atom stereocenters. The van der Waals surface area contributed by atoms with Gasteiger partial charge in [0.1, 0.15) is 0 Å². The van der Waals surface area contributed by atoms with Gasteiger partial charge in [-0.05, 0) is 40.7 Å². The maximum absolute atomic E-state index is 5.56. The maximum atomic E-state index is 5.56. The topological polar surface area (TPSA) is 18.5 Å². The van der Waals surface area contributed by atoms with Crippen LogP contribution in [0.1, 0.15) is 34.6 Å². The van der Waals surface area contributed by atoms with Crippen molar-refractivity contribution < 1.29 is 9.47 Å². The van der Waals surface area contributed by atoms with Crippen LogP contribution in [0.4, 0.5) is 0 Å². The predicted molar refractivity (Wildman–Crippen MR) is 69.4 cm³/mol. The SMILES string of the molecule is CC=CC(OCC=C(C)C)OCC=C(C)C. The van der Waals surface area contributed by atoms with Crippen molar-refractivity contribution in [3.63, 3.8) is 0 Å². The van der Waals surface area contributed by atoms with Gasteiger partial charge in [-0.2, -0.15) is 0 Å². The molecule has 0 spiro atoms. The second-order valence-electron chi connectivity index (χ2n) is 4.12. The third-order valence-corrected chi connectivity index (χ3v) is 1.85. The summed E-state index contributed by atoms with van der Waals surface area (Å²) in [5.74, 6) is 0. The van der Waals surface area contributed by atoms with E-state index in [-0.39, 0.29) is 6.29 Å². The van der Waals surface area contributed by atoms with Crippen LogP contribution in [-0.2, 0) is 9.47 Å². The molecule has 0 fully saturated rings. The van der Waals surface area contributed by atoms with Gasteiger partial charge in [-0.3, -0.25) is 0 Å². The lowest BCUT2D eigenvalue weighted by molar-refractivity contribution is -0.0938. The Kier molecular flexibility index (Phi) is 8.87. The third-order valence-electron chi connectivity index (χ3n) is 1.85. The summed E-state index contributed by atoms with van der Waals surface area (Å²) in [5.41, 5.74) is 2.51. The second-order valence-corrected chi connectivity index (χ2v) is 4.12. The predicted octanol–water partition coefficient (Wildman–Crippen LogP) is 3.85. The molecule has 0 aromatic rings. The first-order chi connectivity index (χ1) is 7.56. The average molecular weight is 224 g/mol. The number of rotatable bonds is 7. The Labute approximate surface area is 99.6 Å². The monoisotopic (exact) mass is 224 g/mol. The largest absolute Gasteiger partial charge is 0.345 e. The molecule has 0 aliphatic rings. The Morgan fingerprint density at radius 2 is 1.38 bits per heavy atom. The Balaban J connectivity index is 3.98. The van der Waals surface area contributed by atoms with Crippen LogP contribution in [0.2, 0.25) is 0 Å². The molecule has 0 aromatic heterocycles. The van der Waals surface area contributed by atoms with Crippen LogP contribution in [0.15, 0.2) is 35.5 Å². The molecule has 0 aliphatic heterocycles. The van der Waals surface area contributed by atoms with Crippen LogP contribution >= 0.6 is 0 Å². The summed E-state index contributed by atoms with van der Waals surface area (Å²) in [6.07, 6.45) is 7.69. The van der Waals surface area contributed by atoms with E-state index in [1.807, 2.05) is 31.2 Å². The Bertz CT molecular complexity index is 232. The zero-order valence-corrected chi connectivity index (χ0v) is 11.1. The fraction of sp³-hybridized carbons (Fsp3) is 0.571. The van der Waals surface area contributed by atoms with E-state index in [4.69, 9.17) is 9.47 Å². The molecule has 0 heterocycles. The first kappa shape index (κ1) is 15.1. The molecular weight excluding hydrogens is 200 g/mol. The van der Waals surface area contributed by atoms with Gasteiger partial charge in [-0.1, -0.05) is 29.4 Å². The van der Waals surface area contributed by atoms with Crippen molar-refractivity contribution >= 4 is 0 Å². The fourth-order valence-corrected chi connectivity index (χ4v) is 0.936. The highest BCUT2D eigenvalue weighted by molar-refractivity contribution is 4.94. The summed E-state index contributed by atoms with van der Waals surface area (Å²) >= 11 is 0. The second kappa shape index (κ2) is 9.37. The number of ether oxygens (including phenoxy) is 2. The van der Waals surface area contributed by atoms with Gasteiger partial charge in [0, 0.05) is 0 Å². The molecule has 0 saturated carbocycles. The number of hydrogen-bond donors (Lipinski definition) is 0. The molecule has 0 saturated heterocycles. The van der Waals surface area contributed by atoms with Gasteiger partial charge >= 0.3 is 0 Å². The first-order valence-electron chi connectivity index (χ1n) is 5.69. The van der Waals surface area contributed by atoms with Crippen LogP contribution < -0.4 is 0 Å². The zero-order chi connectivity index (χ0) is 12.4. The maximum Gasteiger partial charge on any atom is 0.177 e. The molecule has 0 rings (SSSR count). The van der Waals surface area contributed by atoms with E-state index >= 15 is 0 Å². The smallest absolute Gasteiger partial charge is 0.177 e. The quantitative estimate of drug-likeness (QED) is 0.483. The third kappa shape index (κ3) is 9.69. The van der Waals surface area contributed by atoms with Crippen LogP contribution in [0.5, 0.6) is 0 Å². The normalized spacial score (nSPS) is 10.9. The summed E-state index contributed by atoms with van der Waals surface area (Å²) in [5, 5.41) is 0. The number of hydrogen-bond acceptors (Lipinski definition) is 2. The van der Waals surface area contributed by atoms with Crippen molar-refractivity contribution in [1.82, 2.24) is 0 Å². The summed E-state index contributed by atoms with van der Waals surface area (Å²) in [6.45, 7) is 11.4. The molecule has 16 heavy (non-hydrogen) atoms. The molecule has 0 aliphatic carbocycles. The van der Waals surface area contributed by atoms with Crippen molar-refractivity contribution in [1.29, 1.82) is 0 Å². The van der Waals surface area contributed by atoms with E-state index in [1.165, 1.54) is 11.1 Å². The lowest BCUT2D eigenvalue weighted by Crippen LogP contribution is -2.15. The molecule has 0 N–H and O–H groups in total. The highest BCUT2D eigenvalue weighted by Crippen LogP contribution is 2.00. The van der Waals surface area contributed by atoms with Gasteiger partial charge in [-0.25, -0.2) is 0 Å². The van der Waals surface area contributed by atoms with Crippen molar-refractivity contribution in [3.8, 4) is 0 Å². The van der Waals surface area contributed by atoms with Gasteiger partial charge in [0.05, 0.1) is 13.2 Å². The summed E-state index contributed by atoms with van der Waals surface area (Å²) < 4.78 is 11.1. The highest BCUT2D eigenvalue weighted by Gasteiger charge is 2.02. The highest BCUT2D eigenvalue weighted by atomic mass is 16.7. The van der Waals surface area contributed by atoms with Crippen LogP contribution in [0.3, 0.4) is 0 Å². The van der Waals surface area contributed by atoms with E-state index < -0.39 is 0 Å². The Morgan fingerprint density at radius 1 is 0.938 bits per heavy atom. The number of allylic oxidation sites excluding steroid dienone is 3. The molecular formula is C14H24O2. The Morgan fingerprint density at radius 3 is 1.69 bits per heavy atom. The molecule has 0 atom stereocenters. The van der Waals surface area contributed by atoms with E-state index in [2.05, 4.69) is 27.7 Å². The first-order valence-corrected chi connectivity index (χ1v) is 5.69. The fourth-order valence-electron chi connectivity index (χ4n) is 0.936. The van der Waals surface area contributed by atoms with Crippen molar-refractivity contribution in [3.05, 3.63) is 35.5 Å². The minimum absolute atomic E-state index is 0.254. The lowest BCUT2D eigenvalue weighted by atomic mass is 10.3. The molecule has 0 bridgehead atoms. The van der Waals surface area contributed by atoms with E-state index in [9.17, 15) is 0 Å². The Hall–Kier alpha value is -0.860. The summed E-state index contributed by atoms with van der Waals surface area (Å²) in [4.78, 5) is 0. The molecule has 0 amide bonds. The van der Waals surface area contributed by atoms with Crippen molar-refractivity contribution in [2.45, 2.75) is 40.9 Å². The minimum atomic E-state index is -0.254. The zero-order valence-electron chi connectivity index (χ0n) is 11.1. The summed E-state index contributed by atoms with van der Waals surface area (Å²) in [7, 11) is 0. The van der Waals surface area contributed by atoms with Gasteiger partial charge in [0.15, 0.2) is 6.29 Å². The molecule has 2 nitrogen and oxygen atoms in total. The minimum Gasteiger partial charge on any atom is -0.345 e. The van der Waals surface area contributed by atoms with E-state index in [1.54, 1.807) is 0 Å². The van der Waals surface area contributed by atoms with Crippen LogP contribution in [0, 0.1) is 0 Å². The van der Waals surface area contributed by atoms with Gasteiger partial charge in [-0.15, -0.1) is 0 Å². The standard InChI is InChI=1S/C14H24O2/c1-6-7-14(15-10-8-12(2)3)16-11-9-13(4)5/h6-9,14H,10-11H2,1-5H3. The summed E-state index contributed by atoms with van der Waals surface area (Å²) in [6, 6.07) is 0. The van der Waals surface area contributed by atoms with Crippen molar-refractivity contribution in [2.24, 2.45) is 0 Å². The van der Waals surface area contributed by atoms with Crippen LogP contribution in [-0.4, -0.2) is 19.5 Å². The van der Waals surface area contributed by atoms with Gasteiger partial charge < -0.3 is 9.47 Å². The molecule has 92 valence electrons. The van der Waals surface area contributed by atoms with E-state index in [0.717, 1.165) is 0 Å². The molecule has 2 heteroatoms. The molecule has 0 aromatic carbocycles. The van der Waals surface area contributed by atoms with E-state index in [0.29, 0.717) is 13.2 Å². The lowest BCUT2D eigenvalue weighted by Gasteiger charge is -2.13. The average Bonchev–Trinajstić information content (AvgIpc) is 2.16. The van der Waals surface area contributed by atoms with Gasteiger partial charge in [0.2, 0.25) is 0 Å². The van der Waals surface area contributed by atoms with Gasteiger partial charge in [0.25, 0.3) is 0 Å². The molecule has 0 radical (unpaired) electrons. The van der Waals surface area contributed by atoms with Crippen molar-refractivity contribution in [2.75, 3.05) is 13.2 Å². The van der Waals surface area contributed by atoms with Crippen LogP contribution in [0.25, 0.3) is 0 Å².